The summed E-state index contributed by atoms with van der Waals surface area (Å²) in [5.41, 5.74) is 10.9. The van der Waals surface area contributed by atoms with E-state index in [1.807, 2.05) is 34.9 Å². The van der Waals surface area contributed by atoms with E-state index in [4.69, 9.17) is 30.4 Å². The molecule has 0 spiro atoms. The standard InChI is InChI=1S/C32H36FN7O4/c1-43-26-10-9-21(19-27(26)44-17-5-3-2-4-6-28(41)38-42)29-30(22-7-8-23(20-34)25(33)18-22)37-32(40-16-13-36-31(29)40)39-14-11-24(35)12-15-39/h7-10,13,16,18-19,24,42H,2-6,11-12,14-15,17,35H2,1H3,(H,38,41). The number of ether oxygens (including phenoxy) is 2. The van der Waals surface area contributed by atoms with Crippen LogP contribution in [0.25, 0.3) is 28.0 Å². The second-order valence-electron chi connectivity index (χ2n) is 10.8. The number of fused-ring (bicyclic) bond motifs is 1. The number of carbonyl (C=O) groups excluding carboxylic acids is 1. The molecular formula is C32H36FN7O4. The van der Waals surface area contributed by atoms with Crippen LogP contribution in [-0.4, -0.2) is 58.3 Å². The van der Waals surface area contributed by atoms with Gasteiger partial charge in [0.2, 0.25) is 11.9 Å². The molecule has 0 bridgehead atoms. The Kier molecular flexibility index (Phi) is 9.89. The number of amides is 1. The van der Waals surface area contributed by atoms with E-state index >= 15 is 0 Å². The molecular weight excluding hydrogens is 565 g/mol. The second-order valence-corrected chi connectivity index (χ2v) is 10.8. The number of imidazole rings is 1. The number of unbranched alkanes of at least 4 members (excludes halogenated alkanes) is 3. The number of methoxy groups -OCH3 is 1. The molecule has 230 valence electrons. The molecule has 12 heteroatoms. The number of halogens is 1. The number of benzene rings is 2. The Morgan fingerprint density at radius 1 is 1.14 bits per heavy atom. The van der Waals surface area contributed by atoms with Crippen LogP contribution in [0.4, 0.5) is 10.3 Å². The molecule has 1 saturated heterocycles. The number of hydrogen-bond acceptors (Lipinski definition) is 9. The van der Waals surface area contributed by atoms with Crippen LogP contribution >= 0.6 is 0 Å². The van der Waals surface area contributed by atoms with Gasteiger partial charge in [0.25, 0.3) is 0 Å². The first-order valence-electron chi connectivity index (χ1n) is 14.7. The fraction of sp³-hybridized carbons (Fsp3) is 0.375. The van der Waals surface area contributed by atoms with Gasteiger partial charge in [-0.05, 0) is 55.5 Å². The highest BCUT2D eigenvalue weighted by atomic mass is 19.1. The highest BCUT2D eigenvalue weighted by molar-refractivity contribution is 5.91. The topological polar surface area (TPSA) is 151 Å². The van der Waals surface area contributed by atoms with Gasteiger partial charge in [0.05, 0.1) is 30.5 Å². The molecule has 2 aromatic heterocycles. The van der Waals surface area contributed by atoms with Crippen LogP contribution in [-0.2, 0) is 4.79 Å². The fourth-order valence-electron chi connectivity index (χ4n) is 5.44. The predicted molar refractivity (Wildman–Crippen MR) is 163 cm³/mol. The van der Waals surface area contributed by atoms with Crippen LogP contribution in [0.3, 0.4) is 0 Å². The third-order valence-electron chi connectivity index (χ3n) is 7.85. The number of rotatable bonds is 12. The third-order valence-corrected chi connectivity index (χ3v) is 7.85. The molecule has 11 nitrogen and oxygen atoms in total. The summed E-state index contributed by atoms with van der Waals surface area (Å²) in [7, 11) is 1.58. The van der Waals surface area contributed by atoms with Gasteiger partial charge in [0, 0.05) is 43.5 Å². The summed E-state index contributed by atoms with van der Waals surface area (Å²) < 4.78 is 28.6. The number of nitrogens with one attached hydrogen (secondary N) is 1. The van der Waals surface area contributed by atoms with Crippen molar-refractivity contribution in [1.29, 1.82) is 5.26 Å². The van der Waals surface area contributed by atoms with Crippen molar-refractivity contribution >= 4 is 17.5 Å². The molecule has 0 unspecified atom stereocenters. The normalized spacial score (nSPS) is 13.6. The lowest BCUT2D eigenvalue weighted by Crippen LogP contribution is -2.40. The Morgan fingerprint density at radius 3 is 2.64 bits per heavy atom. The minimum atomic E-state index is -0.623. The molecule has 44 heavy (non-hydrogen) atoms. The summed E-state index contributed by atoms with van der Waals surface area (Å²) >= 11 is 0. The number of nitrogens with zero attached hydrogens (tertiary/aromatic N) is 5. The average molecular weight is 602 g/mol. The minimum Gasteiger partial charge on any atom is -0.493 e. The lowest BCUT2D eigenvalue weighted by molar-refractivity contribution is -0.129. The van der Waals surface area contributed by atoms with Gasteiger partial charge in [-0.2, -0.15) is 5.26 Å². The van der Waals surface area contributed by atoms with E-state index in [2.05, 4.69) is 4.90 Å². The number of hydroxylamine groups is 1. The molecule has 3 heterocycles. The van der Waals surface area contributed by atoms with Gasteiger partial charge in [0.15, 0.2) is 11.5 Å². The maximum Gasteiger partial charge on any atom is 0.243 e. The monoisotopic (exact) mass is 601 g/mol. The van der Waals surface area contributed by atoms with Gasteiger partial charge in [-0.25, -0.2) is 19.8 Å². The van der Waals surface area contributed by atoms with E-state index in [1.165, 1.54) is 12.1 Å². The SMILES string of the molecule is COc1ccc(-c2c(-c3ccc(C#N)c(F)c3)nc(N3CCC(N)CC3)n3ccnc23)cc1OCCCCCCC(=O)NO. The van der Waals surface area contributed by atoms with Crippen LogP contribution in [0.5, 0.6) is 11.5 Å². The van der Waals surface area contributed by atoms with Crippen LogP contribution in [0, 0.1) is 17.1 Å². The molecule has 1 fully saturated rings. The zero-order valence-electron chi connectivity index (χ0n) is 24.6. The van der Waals surface area contributed by atoms with Gasteiger partial charge in [-0.1, -0.05) is 25.0 Å². The lowest BCUT2D eigenvalue weighted by atomic mass is 9.98. The smallest absolute Gasteiger partial charge is 0.243 e. The summed E-state index contributed by atoms with van der Waals surface area (Å²) in [6.45, 7) is 1.90. The van der Waals surface area contributed by atoms with E-state index in [-0.39, 0.29) is 23.9 Å². The zero-order valence-corrected chi connectivity index (χ0v) is 24.6. The van der Waals surface area contributed by atoms with Crippen molar-refractivity contribution in [2.45, 2.75) is 51.0 Å². The van der Waals surface area contributed by atoms with Gasteiger partial charge >= 0.3 is 0 Å². The Labute approximate surface area is 255 Å². The summed E-state index contributed by atoms with van der Waals surface area (Å²) in [4.78, 5) is 23.2. The zero-order chi connectivity index (χ0) is 31.1. The Balaban J connectivity index is 1.51. The van der Waals surface area contributed by atoms with Crippen molar-refractivity contribution in [3.63, 3.8) is 0 Å². The maximum atomic E-state index is 14.9. The number of carbonyl (C=O) groups is 1. The largest absolute Gasteiger partial charge is 0.493 e. The van der Waals surface area contributed by atoms with Crippen molar-refractivity contribution in [2.75, 3.05) is 31.7 Å². The van der Waals surface area contributed by atoms with E-state index in [9.17, 15) is 14.4 Å². The lowest BCUT2D eigenvalue weighted by Gasteiger charge is -2.32. The summed E-state index contributed by atoms with van der Waals surface area (Å²) in [5.74, 6) is 0.782. The first-order valence-corrected chi connectivity index (χ1v) is 14.7. The van der Waals surface area contributed by atoms with Gasteiger partial charge in [0.1, 0.15) is 17.5 Å². The van der Waals surface area contributed by atoms with Gasteiger partial charge < -0.3 is 20.1 Å². The van der Waals surface area contributed by atoms with Crippen molar-refractivity contribution in [3.05, 3.63) is 60.2 Å². The molecule has 1 aliphatic heterocycles. The van der Waals surface area contributed by atoms with Crippen LogP contribution in [0.2, 0.25) is 0 Å². The summed E-state index contributed by atoms with van der Waals surface area (Å²) in [5, 5.41) is 17.9. The van der Waals surface area contributed by atoms with Crippen molar-refractivity contribution in [2.24, 2.45) is 5.73 Å². The Hall–Kier alpha value is -4.73. The molecule has 4 N–H and O–H groups in total. The van der Waals surface area contributed by atoms with Crippen LogP contribution in [0.1, 0.15) is 50.5 Å². The maximum absolute atomic E-state index is 14.9. The summed E-state index contributed by atoms with van der Waals surface area (Å²) in [6.07, 6.45) is 8.65. The Bertz CT molecular complexity index is 1660. The summed E-state index contributed by atoms with van der Waals surface area (Å²) in [6, 6.07) is 12.1. The quantitative estimate of drug-likeness (QED) is 0.118. The molecule has 1 aliphatic rings. The molecule has 4 aromatic rings. The number of aromatic nitrogens is 3. The molecule has 0 atom stereocenters. The van der Waals surface area contributed by atoms with E-state index < -0.39 is 5.82 Å². The molecule has 0 radical (unpaired) electrons. The van der Waals surface area contributed by atoms with Crippen LogP contribution < -0.4 is 25.6 Å². The molecule has 2 aromatic carbocycles. The third kappa shape index (κ3) is 6.74. The second kappa shape index (κ2) is 14.2. The van der Waals surface area contributed by atoms with Crippen molar-refractivity contribution in [3.8, 4) is 40.0 Å². The van der Waals surface area contributed by atoms with Crippen molar-refractivity contribution in [1.82, 2.24) is 19.8 Å². The number of piperidine rings is 1. The van der Waals surface area contributed by atoms with Gasteiger partial charge in [-0.15, -0.1) is 0 Å². The number of nitrogens with two attached hydrogens (primary N) is 1. The number of anilines is 1. The first-order chi connectivity index (χ1) is 21.4. The number of nitriles is 1. The molecule has 1 amide bonds. The van der Waals surface area contributed by atoms with Crippen molar-refractivity contribution < 1.29 is 23.9 Å². The highest BCUT2D eigenvalue weighted by Gasteiger charge is 2.25. The van der Waals surface area contributed by atoms with Crippen LogP contribution in [0.15, 0.2) is 48.8 Å². The highest BCUT2D eigenvalue weighted by Crippen LogP contribution is 2.40. The first kappa shape index (κ1) is 30.7. The van der Waals surface area contributed by atoms with Gasteiger partial charge in [-0.3, -0.25) is 14.4 Å². The predicted octanol–water partition coefficient (Wildman–Crippen LogP) is 4.84. The fourth-order valence-corrected chi connectivity index (χ4v) is 5.44. The van der Waals surface area contributed by atoms with E-state index in [0.717, 1.165) is 50.8 Å². The molecule has 5 rings (SSSR count). The van der Waals surface area contributed by atoms with E-state index in [1.54, 1.807) is 24.9 Å². The molecule has 0 aliphatic carbocycles. The minimum absolute atomic E-state index is 0.0424. The molecule has 0 saturated carbocycles. The van der Waals surface area contributed by atoms with E-state index in [0.29, 0.717) is 52.9 Å². The Morgan fingerprint density at radius 2 is 1.91 bits per heavy atom. The average Bonchev–Trinajstić information content (AvgIpc) is 3.53. The number of hydrogen-bond donors (Lipinski definition) is 3.